The van der Waals surface area contributed by atoms with Crippen LogP contribution in [-0.2, 0) is 6.42 Å². The molecule has 0 aliphatic heterocycles. The maximum atomic E-state index is 6.03. The van der Waals surface area contributed by atoms with E-state index in [0.29, 0.717) is 18.8 Å². The second kappa shape index (κ2) is 7.64. The normalized spacial score (nSPS) is 13.0. The summed E-state index contributed by atoms with van der Waals surface area (Å²) in [6, 6.07) is 16.2. The van der Waals surface area contributed by atoms with Crippen LogP contribution >= 0.6 is 0 Å². The molecule has 3 nitrogen and oxygen atoms in total. The molecular weight excluding hydrogens is 272 g/mol. The van der Waals surface area contributed by atoms with Gasteiger partial charge in [0.1, 0.15) is 11.9 Å². The van der Waals surface area contributed by atoms with Crippen molar-refractivity contribution in [3.8, 4) is 5.75 Å². The van der Waals surface area contributed by atoms with Crippen LogP contribution in [-0.4, -0.2) is 18.5 Å². The van der Waals surface area contributed by atoms with E-state index >= 15 is 0 Å². The van der Waals surface area contributed by atoms with Gasteiger partial charge < -0.3 is 10.5 Å². The summed E-state index contributed by atoms with van der Waals surface area (Å²) in [5.41, 5.74) is 9.80. The molecule has 0 aliphatic rings. The Bertz CT molecular complexity index is 635. The Hall–Kier alpha value is -2.29. The zero-order chi connectivity index (χ0) is 15.9. The van der Waals surface area contributed by atoms with E-state index < -0.39 is 0 Å². The molecule has 2 aromatic rings. The molecule has 1 atom stereocenters. The smallest absolute Gasteiger partial charge is 0.119 e. The first-order valence-corrected chi connectivity index (χ1v) is 7.61. The maximum absolute atomic E-state index is 6.03. The van der Waals surface area contributed by atoms with E-state index in [1.54, 1.807) is 0 Å². The Morgan fingerprint density at radius 1 is 1.09 bits per heavy atom. The summed E-state index contributed by atoms with van der Waals surface area (Å²) in [7, 11) is 0. The molecule has 0 bridgehead atoms. The summed E-state index contributed by atoms with van der Waals surface area (Å²) in [5.74, 6) is 1.50. The van der Waals surface area contributed by atoms with Crippen molar-refractivity contribution in [2.75, 3.05) is 6.54 Å². The van der Waals surface area contributed by atoms with E-state index in [2.05, 4.69) is 37.0 Å². The summed E-state index contributed by atoms with van der Waals surface area (Å²) in [4.78, 5) is 4.44. The fourth-order valence-electron chi connectivity index (χ4n) is 2.19. The second-order valence-corrected chi connectivity index (χ2v) is 5.67. The van der Waals surface area contributed by atoms with Crippen LogP contribution in [0.5, 0.6) is 5.75 Å². The van der Waals surface area contributed by atoms with Crippen molar-refractivity contribution in [3.05, 3.63) is 65.2 Å². The third-order valence-corrected chi connectivity index (χ3v) is 3.59. The highest BCUT2D eigenvalue weighted by atomic mass is 16.5. The van der Waals surface area contributed by atoms with E-state index in [4.69, 9.17) is 10.5 Å². The molecule has 22 heavy (non-hydrogen) atoms. The van der Waals surface area contributed by atoms with Crippen LogP contribution in [0.1, 0.15) is 23.6 Å². The third-order valence-electron chi connectivity index (χ3n) is 3.59. The molecule has 0 saturated heterocycles. The van der Waals surface area contributed by atoms with E-state index in [1.807, 2.05) is 37.3 Å². The molecule has 1 unspecified atom stereocenters. The Labute approximate surface area is 132 Å². The van der Waals surface area contributed by atoms with Gasteiger partial charge in [-0.3, -0.25) is 4.99 Å². The SMILES string of the molecule is Cc1ccc(CC(N)=NCC(C)Oc2ccccc2)cc1C. The van der Waals surface area contributed by atoms with Gasteiger partial charge in [-0.25, -0.2) is 0 Å². The lowest BCUT2D eigenvalue weighted by Crippen LogP contribution is -2.21. The number of benzene rings is 2. The number of nitrogens with two attached hydrogens (primary N) is 1. The molecule has 0 radical (unpaired) electrons. The molecule has 0 fully saturated rings. The van der Waals surface area contributed by atoms with Crippen LogP contribution in [0.2, 0.25) is 0 Å². The molecule has 0 aromatic heterocycles. The summed E-state index contributed by atoms with van der Waals surface area (Å²) in [5, 5.41) is 0. The van der Waals surface area contributed by atoms with Crippen molar-refractivity contribution in [3.63, 3.8) is 0 Å². The van der Waals surface area contributed by atoms with Crippen LogP contribution in [0.3, 0.4) is 0 Å². The molecule has 0 amide bonds. The average Bonchev–Trinajstić information content (AvgIpc) is 2.50. The monoisotopic (exact) mass is 296 g/mol. The number of rotatable bonds is 6. The fourth-order valence-corrected chi connectivity index (χ4v) is 2.19. The van der Waals surface area contributed by atoms with Crippen molar-refractivity contribution in [2.45, 2.75) is 33.3 Å². The van der Waals surface area contributed by atoms with Gasteiger partial charge in [-0.15, -0.1) is 0 Å². The fraction of sp³-hybridized carbons (Fsp3) is 0.316. The lowest BCUT2D eigenvalue weighted by molar-refractivity contribution is 0.230. The minimum atomic E-state index is 0.000652. The van der Waals surface area contributed by atoms with Crippen LogP contribution < -0.4 is 10.5 Å². The number of aliphatic imine (C=N–C) groups is 1. The number of ether oxygens (including phenoxy) is 1. The third kappa shape index (κ3) is 4.92. The van der Waals surface area contributed by atoms with Gasteiger partial charge in [0.25, 0.3) is 0 Å². The Morgan fingerprint density at radius 3 is 2.50 bits per heavy atom. The van der Waals surface area contributed by atoms with Crippen molar-refractivity contribution in [1.82, 2.24) is 0 Å². The molecule has 2 rings (SSSR count). The van der Waals surface area contributed by atoms with Crippen LogP contribution in [0.15, 0.2) is 53.5 Å². The lowest BCUT2D eigenvalue weighted by Gasteiger charge is -2.13. The van der Waals surface area contributed by atoms with Crippen LogP contribution in [0.25, 0.3) is 0 Å². The van der Waals surface area contributed by atoms with Gasteiger partial charge in [0.15, 0.2) is 0 Å². The quantitative estimate of drug-likeness (QED) is 0.653. The number of amidine groups is 1. The van der Waals surface area contributed by atoms with Crippen molar-refractivity contribution in [1.29, 1.82) is 0 Å². The Morgan fingerprint density at radius 2 is 1.82 bits per heavy atom. The van der Waals surface area contributed by atoms with E-state index in [0.717, 1.165) is 5.75 Å². The van der Waals surface area contributed by atoms with Gasteiger partial charge in [0.05, 0.1) is 12.4 Å². The van der Waals surface area contributed by atoms with Gasteiger partial charge in [0.2, 0.25) is 0 Å². The molecule has 2 N–H and O–H groups in total. The minimum Gasteiger partial charge on any atom is -0.489 e. The largest absolute Gasteiger partial charge is 0.489 e. The van der Waals surface area contributed by atoms with Gasteiger partial charge in [0, 0.05) is 6.42 Å². The Kier molecular flexibility index (Phi) is 5.59. The van der Waals surface area contributed by atoms with Gasteiger partial charge >= 0.3 is 0 Å². The van der Waals surface area contributed by atoms with Crippen LogP contribution in [0, 0.1) is 13.8 Å². The average molecular weight is 296 g/mol. The molecule has 0 saturated carbocycles. The number of para-hydroxylation sites is 1. The number of nitrogens with zero attached hydrogens (tertiary/aromatic N) is 1. The predicted molar refractivity (Wildman–Crippen MR) is 92.6 cm³/mol. The molecule has 2 aromatic carbocycles. The number of hydrogen-bond acceptors (Lipinski definition) is 2. The Balaban J connectivity index is 1.87. The number of hydrogen-bond donors (Lipinski definition) is 1. The summed E-state index contributed by atoms with van der Waals surface area (Å²) in [6.45, 7) is 6.78. The zero-order valence-corrected chi connectivity index (χ0v) is 13.5. The molecule has 0 aliphatic carbocycles. The first-order chi connectivity index (χ1) is 10.5. The predicted octanol–water partition coefficient (Wildman–Crippen LogP) is 3.67. The molecule has 116 valence electrons. The summed E-state index contributed by atoms with van der Waals surface area (Å²) >= 11 is 0. The van der Waals surface area contributed by atoms with E-state index in [9.17, 15) is 0 Å². The second-order valence-electron chi connectivity index (χ2n) is 5.67. The lowest BCUT2D eigenvalue weighted by atomic mass is 10.0. The highest BCUT2D eigenvalue weighted by molar-refractivity contribution is 5.82. The molecular formula is C19H24N2O. The van der Waals surface area contributed by atoms with Crippen molar-refractivity contribution < 1.29 is 4.74 Å². The summed E-state index contributed by atoms with van der Waals surface area (Å²) < 4.78 is 5.79. The highest BCUT2D eigenvalue weighted by Crippen LogP contribution is 2.12. The summed E-state index contributed by atoms with van der Waals surface area (Å²) in [6.07, 6.45) is 0.680. The number of aryl methyl sites for hydroxylation is 2. The van der Waals surface area contributed by atoms with Gasteiger partial charge in [-0.05, 0) is 49.6 Å². The topological polar surface area (TPSA) is 47.6 Å². The molecule has 3 heteroatoms. The highest BCUT2D eigenvalue weighted by Gasteiger charge is 2.04. The molecule has 0 heterocycles. The maximum Gasteiger partial charge on any atom is 0.119 e. The van der Waals surface area contributed by atoms with Crippen molar-refractivity contribution >= 4 is 5.84 Å². The molecule has 0 spiro atoms. The van der Waals surface area contributed by atoms with Gasteiger partial charge in [-0.1, -0.05) is 36.4 Å². The standard InChI is InChI=1S/C19H24N2O/c1-14-9-10-17(11-15(14)2)12-19(20)21-13-16(3)22-18-7-5-4-6-8-18/h4-11,16H,12-13H2,1-3H3,(H2,20,21). The van der Waals surface area contributed by atoms with Gasteiger partial charge in [-0.2, -0.15) is 0 Å². The van der Waals surface area contributed by atoms with E-state index in [1.165, 1.54) is 16.7 Å². The first-order valence-electron chi connectivity index (χ1n) is 7.61. The van der Waals surface area contributed by atoms with Crippen molar-refractivity contribution in [2.24, 2.45) is 10.7 Å². The zero-order valence-electron chi connectivity index (χ0n) is 13.5. The first kappa shape index (κ1) is 16.1. The van der Waals surface area contributed by atoms with Crippen LogP contribution in [0.4, 0.5) is 0 Å². The van der Waals surface area contributed by atoms with E-state index in [-0.39, 0.29) is 6.10 Å². The minimum absolute atomic E-state index is 0.000652.